The van der Waals surface area contributed by atoms with Gasteiger partial charge < -0.3 is 19.8 Å². The van der Waals surface area contributed by atoms with Crippen LogP contribution in [0.25, 0.3) is 0 Å². The van der Waals surface area contributed by atoms with E-state index in [9.17, 15) is 19.8 Å². The Bertz CT molecular complexity index is 413. The van der Waals surface area contributed by atoms with E-state index in [0.29, 0.717) is 11.5 Å². The Kier molecular flexibility index (Phi) is 44.7. The molecule has 0 aliphatic carbocycles. The topological polar surface area (TPSA) is 80.3 Å². The Morgan fingerprint density at radius 1 is 0.432 bits per heavy atom. The molecule has 0 heterocycles. The molecule has 0 atom stereocenters. The van der Waals surface area contributed by atoms with Crippen LogP contribution in [0, 0.1) is 0 Å². The predicted molar refractivity (Wildman–Crippen MR) is 163 cm³/mol. The Labute approximate surface area is 269 Å². The van der Waals surface area contributed by atoms with Gasteiger partial charge in [-0.2, -0.15) is 23.5 Å². The molecule has 0 amide bonds. The minimum atomic E-state index is -0.925. The molecule has 0 radical (unpaired) electrons. The first-order valence-corrected chi connectivity index (χ1v) is 17.4. The van der Waals surface area contributed by atoms with Crippen LogP contribution in [0.2, 0.25) is 0 Å². The summed E-state index contributed by atoms with van der Waals surface area (Å²) in [6.45, 7) is 4.51. The molecule has 37 heavy (non-hydrogen) atoms. The summed E-state index contributed by atoms with van der Waals surface area (Å²) in [7, 11) is 0. The van der Waals surface area contributed by atoms with Crippen LogP contribution in [0.15, 0.2) is 0 Å². The molecule has 0 aliphatic heterocycles. The number of carboxylic acids is 2. The van der Waals surface area contributed by atoms with Crippen molar-refractivity contribution >= 4 is 73.2 Å². The second-order valence-electron chi connectivity index (χ2n) is 9.83. The molecule has 4 nitrogen and oxygen atoms in total. The Hall–Kier alpha value is 0.900. The summed E-state index contributed by atoms with van der Waals surface area (Å²) in [5.74, 6) is 1.77. The largest absolute Gasteiger partial charge is 2.00 e. The van der Waals surface area contributed by atoms with Gasteiger partial charge >= 0.3 is 37.7 Å². The van der Waals surface area contributed by atoms with Crippen LogP contribution in [0.1, 0.15) is 155 Å². The van der Waals surface area contributed by atoms with Crippen molar-refractivity contribution in [3.63, 3.8) is 0 Å². The third-order valence-corrected chi connectivity index (χ3v) is 8.33. The van der Waals surface area contributed by atoms with E-state index in [1.807, 2.05) is 0 Å². The van der Waals surface area contributed by atoms with Crippen LogP contribution < -0.4 is 10.2 Å². The summed E-state index contributed by atoms with van der Waals surface area (Å²) < 4.78 is 0. The fourth-order valence-electron chi connectivity index (χ4n) is 3.90. The molecule has 0 N–H and O–H groups in total. The van der Waals surface area contributed by atoms with Crippen molar-refractivity contribution in [2.24, 2.45) is 0 Å². The number of hydrogen-bond donors (Lipinski definition) is 0. The number of aliphatic carboxylic acids is 2. The maximum Gasteiger partial charge on any atom is 2.00 e. The predicted octanol–water partition coefficient (Wildman–Crippen LogP) is 7.18. The minimum Gasteiger partial charge on any atom is -0.550 e. The summed E-state index contributed by atoms with van der Waals surface area (Å²) in [6, 6.07) is 0. The van der Waals surface area contributed by atoms with Crippen LogP contribution in [0.3, 0.4) is 0 Å². The maximum atomic E-state index is 10.2. The number of unbranched alkanes of at least 4 members (excludes halogenated alkanes) is 18. The van der Waals surface area contributed by atoms with Crippen LogP contribution in [-0.2, 0) is 9.59 Å². The summed E-state index contributed by atoms with van der Waals surface area (Å²) in [5, 5.41) is 20.4. The van der Waals surface area contributed by atoms with Gasteiger partial charge in [0.1, 0.15) is 0 Å². The number of thioether (sulfide) groups is 2. The van der Waals surface area contributed by atoms with Crippen molar-refractivity contribution in [1.29, 1.82) is 0 Å². The van der Waals surface area contributed by atoms with E-state index >= 15 is 0 Å². The van der Waals surface area contributed by atoms with Crippen molar-refractivity contribution in [2.45, 2.75) is 155 Å². The molecule has 0 saturated carbocycles. The van der Waals surface area contributed by atoms with Crippen LogP contribution in [-0.4, -0.2) is 72.7 Å². The van der Waals surface area contributed by atoms with E-state index < -0.39 is 11.9 Å². The van der Waals surface area contributed by atoms with Crippen molar-refractivity contribution < 1.29 is 19.8 Å². The normalized spacial score (nSPS) is 10.4. The molecule has 0 rings (SSSR count). The van der Waals surface area contributed by atoms with E-state index in [4.69, 9.17) is 0 Å². The number of carboxylic acid groups (broad SMARTS) is 2. The molecule has 0 saturated heterocycles. The standard InChI is InChI=1S/2C15H30O2S.Ca/c2*1-2-3-4-5-6-7-8-9-10-11-13-18-14-12-15(16)17;/h2*2-14H2,1H3,(H,16,17);/q;;+2/p-2. The molecule has 0 aromatic carbocycles. The van der Waals surface area contributed by atoms with Crippen molar-refractivity contribution in [3.05, 3.63) is 0 Å². The maximum absolute atomic E-state index is 10.2. The van der Waals surface area contributed by atoms with Gasteiger partial charge in [0.05, 0.1) is 0 Å². The van der Waals surface area contributed by atoms with Crippen LogP contribution in [0.4, 0.5) is 0 Å². The number of carbonyl (C=O) groups is 2. The Morgan fingerprint density at radius 3 is 0.919 bits per heavy atom. The Morgan fingerprint density at radius 2 is 0.676 bits per heavy atom. The first-order valence-electron chi connectivity index (χ1n) is 15.1. The fourth-order valence-corrected chi connectivity index (χ4v) is 5.75. The molecular formula is C30H58CaO4S2. The number of hydrogen-bond acceptors (Lipinski definition) is 6. The van der Waals surface area contributed by atoms with Crippen molar-refractivity contribution in [3.8, 4) is 0 Å². The van der Waals surface area contributed by atoms with Gasteiger partial charge in [-0.05, 0) is 48.7 Å². The zero-order valence-electron chi connectivity index (χ0n) is 24.5. The molecule has 0 aromatic rings. The number of carbonyl (C=O) groups excluding carboxylic acids is 2. The summed E-state index contributed by atoms with van der Waals surface area (Å²) in [5.41, 5.74) is 0. The molecule has 0 aromatic heterocycles. The van der Waals surface area contributed by atoms with Gasteiger partial charge in [0.25, 0.3) is 0 Å². The van der Waals surface area contributed by atoms with Gasteiger partial charge in [-0.25, -0.2) is 0 Å². The van der Waals surface area contributed by atoms with Gasteiger partial charge in [0.2, 0.25) is 0 Å². The molecular weight excluding hydrogens is 529 g/mol. The van der Waals surface area contributed by atoms with E-state index in [1.54, 1.807) is 23.5 Å². The molecule has 7 heteroatoms. The molecule has 0 unspecified atom stereocenters. The van der Waals surface area contributed by atoms with E-state index in [1.165, 1.54) is 128 Å². The average molecular weight is 587 g/mol. The SMILES string of the molecule is CCCCCCCCCCCCSCCC(=O)[O-].CCCCCCCCCCCCSCCC(=O)[O-].[Ca+2]. The zero-order valence-corrected chi connectivity index (χ0v) is 28.4. The smallest absolute Gasteiger partial charge is 0.550 e. The van der Waals surface area contributed by atoms with Crippen molar-refractivity contribution in [1.82, 2.24) is 0 Å². The second-order valence-corrected chi connectivity index (χ2v) is 12.3. The Balaban J connectivity index is -0.000000608. The molecule has 216 valence electrons. The van der Waals surface area contributed by atoms with Gasteiger partial charge in [-0.3, -0.25) is 0 Å². The summed E-state index contributed by atoms with van der Waals surface area (Å²) in [4.78, 5) is 20.4. The third kappa shape index (κ3) is 47.1. The van der Waals surface area contributed by atoms with Crippen LogP contribution in [0.5, 0.6) is 0 Å². The van der Waals surface area contributed by atoms with Crippen molar-refractivity contribution in [2.75, 3.05) is 23.0 Å². The van der Waals surface area contributed by atoms with E-state index in [-0.39, 0.29) is 50.6 Å². The monoisotopic (exact) mass is 586 g/mol. The van der Waals surface area contributed by atoms with E-state index in [2.05, 4.69) is 13.8 Å². The van der Waals surface area contributed by atoms with Gasteiger partial charge in [-0.1, -0.05) is 129 Å². The van der Waals surface area contributed by atoms with E-state index in [0.717, 1.165) is 11.5 Å². The first-order chi connectivity index (χ1) is 17.5. The number of rotatable bonds is 28. The fraction of sp³-hybridized carbons (Fsp3) is 0.933. The zero-order chi connectivity index (χ0) is 27.0. The van der Waals surface area contributed by atoms with Gasteiger partial charge in [0.15, 0.2) is 0 Å². The summed E-state index contributed by atoms with van der Waals surface area (Å²) in [6.07, 6.45) is 27.5. The molecule has 0 bridgehead atoms. The first kappa shape index (κ1) is 42.4. The average Bonchev–Trinajstić information content (AvgIpc) is 2.85. The van der Waals surface area contributed by atoms with Gasteiger partial charge in [0, 0.05) is 11.9 Å². The quantitative estimate of drug-likeness (QED) is 0.0714. The minimum absolute atomic E-state index is 0. The van der Waals surface area contributed by atoms with Gasteiger partial charge in [-0.15, -0.1) is 0 Å². The molecule has 0 aliphatic rings. The summed E-state index contributed by atoms with van der Waals surface area (Å²) >= 11 is 3.48. The third-order valence-electron chi connectivity index (χ3n) is 6.19. The van der Waals surface area contributed by atoms with Crippen LogP contribution >= 0.6 is 23.5 Å². The molecule has 0 spiro atoms. The second kappa shape index (κ2) is 39.0. The molecule has 0 fully saturated rings.